The summed E-state index contributed by atoms with van der Waals surface area (Å²) in [5, 5.41) is 8.37. The molecule has 0 amide bonds. The van der Waals surface area contributed by atoms with Crippen LogP contribution in [0, 0.1) is 0 Å². The van der Waals surface area contributed by atoms with E-state index in [1.54, 1.807) is 0 Å². The summed E-state index contributed by atoms with van der Waals surface area (Å²) < 4.78 is 0. The van der Waals surface area contributed by atoms with Crippen molar-refractivity contribution in [3.8, 4) is 0 Å². The van der Waals surface area contributed by atoms with Crippen molar-refractivity contribution in [2.45, 2.75) is 0 Å². The lowest BCUT2D eigenvalue weighted by Gasteiger charge is -1.85. The molecule has 6 nitrogen and oxygen atoms in total. The van der Waals surface area contributed by atoms with E-state index in [9.17, 15) is 4.79 Å². The number of carboxylic acid groups (broad SMARTS) is 1. The number of aromatic nitrogens is 2. The number of aromatic carboxylic acids is 1. The SMILES string of the molecule is Cl.Nc1nc(N)c(C(=O)O)[nH]1. The van der Waals surface area contributed by atoms with Gasteiger partial charge in [0.15, 0.2) is 17.5 Å². The molecule has 0 aliphatic heterocycles. The van der Waals surface area contributed by atoms with Gasteiger partial charge >= 0.3 is 5.97 Å². The molecule has 0 aliphatic rings. The monoisotopic (exact) mass is 178 g/mol. The van der Waals surface area contributed by atoms with Crippen LogP contribution in [-0.2, 0) is 0 Å². The highest BCUT2D eigenvalue weighted by Gasteiger charge is 2.11. The maximum atomic E-state index is 10.2. The molecule has 1 heterocycles. The predicted molar refractivity (Wildman–Crippen MR) is 41.6 cm³/mol. The Balaban J connectivity index is 0.000001000. The first kappa shape index (κ1) is 9.57. The zero-order chi connectivity index (χ0) is 7.72. The van der Waals surface area contributed by atoms with E-state index >= 15 is 0 Å². The third-order valence-corrected chi connectivity index (χ3v) is 0.964. The van der Waals surface area contributed by atoms with Crippen molar-refractivity contribution in [1.29, 1.82) is 0 Å². The molecule has 0 spiro atoms. The predicted octanol–water partition coefficient (Wildman–Crippen LogP) is -0.306. The lowest BCUT2D eigenvalue weighted by atomic mass is 10.4. The Bertz CT molecular complexity index is 271. The van der Waals surface area contributed by atoms with Gasteiger partial charge in [-0.2, -0.15) is 4.98 Å². The fourth-order valence-corrected chi connectivity index (χ4v) is 0.569. The van der Waals surface area contributed by atoms with Gasteiger partial charge in [-0.3, -0.25) is 0 Å². The Morgan fingerprint density at radius 1 is 1.55 bits per heavy atom. The van der Waals surface area contributed by atoms with Crippen molar-refractivity contribution in [3.05, 3.63) is 5.69 Å². The number of anilines is 2. The van der Waals surface area contributed by atoms with Gasteiger partial charge in [-0.1, -0.05) is 0 Å². The summed E-state index contributed by atoms with van der Waals surface area (Å²) in [5.41, 5.74) is 10.1. The molecule has 7 heteroatoms. The molecular weight excluding hydrogens is 172 g/mol. The molecule has 0 saturated heterocycles. The summed E-state index contributed by atoms with van der Waals surface area (Å²) in [6, 6.07) is 0. The summed E-state index contributed by atoms with van der Waals surface area (Å²) in [5.74, 6) is -1.25. The zero-order valence-electron chi connectivity index (χ0n) is 5.37. The Labute approximate surface area is 68.0 Å². The zero-order valence-corrected chi connectivity index (χ0v) is 6.18. The number of nitrogens with two attached hydrogens (primary N) is 2. The molecule has 0 aromatic carbocycles. The Morgan fingerprint density at radius 2 is 2.09 bits per heavy atom. The van der Waals surface area contributed by atoms with Gasteiger partial charge in [0, 0.05) is 0 Å². The highest BCUT2D eigenvalue weighted by atomic mass is 35.5. The number of nitrogens with zero attached hydrogens (tertiary/aromatic N) is 1. The van der Waals surface area contributed by atoms with Gasteiger partial charge in [-0.05, 0) is 0 Å². The van der Waals surface area contributed by atoms with Crippen molar-refractivity contribution in [1.82, 2.24) is 9.97 Å². The van der Waals surface area contributed by atoms with E-state index in [2.05, 4.69) is 9.97 Å². The van der Waals surface area contributed by atoms with E-state index < -0.39 is 5.97 Å². The maximum Gasteiger partial charge on any atom is 0.356 e. The molecule has 11 heavy (non-hydrogen) atoms. The van der Waals surface area contributed by atoms with Crippen LogP contribution in [0.15, 0.2) is 0 Å². The van der Waals surface area contributed by atoms with Gasteiger partial charge in [0.05, 0.1) is 0 Å². The molecule has 0 aliphatic carbocycles. The lowest BCUT2D eigenvalue weighted by Crippen LogP contribution is -2.01. The fraction of sp³-hybridized carbons (Fsp3) is 0. The second-order valence-electron chi connectivity index (χ2n) is 1.69. The van der Waals surface area contributed by atoms with E-state index in [1.165, 1.54) is 0 Å². The molecule has 1 aromatic rings. The number of imidazole rings is 1. The molecular formula is C4H7ClN4O2. The summed E-state index contributed by atoms with van der Waals surface area (Å²) in [7, 11) is 0. The van der Waals surface area contributed by atoms with Crippen LogP contribution in [0.1, 0.15) is 10.5 Å². The summed E-state index contributed by atoms with van der Waals surface area (Å²) in [6.07, 6.45) is 0. The Morgan fingerprint density at radius 3 is 2.27 bits per heavy atom. The van der Waals surface area contributed by atoms with Crippen molar-refractivity contribution >= 4 is 30.1 Å². The minimum atomic E-state index is -1.17. The Hall–Kier alpha value is -1.43. The van der Waals surface area contributed by atoms with Crippen LogP contribution in [0.4, 0.5) is 11.8 Å². The molecule has 1 aromatic heterocycles. The third kappa shape index (κ3) is 1.74. The number of rotatable bonds is 1. The first-order valence-corrected chi connectivity index (χ1v) is 2.45. The molecule has 0 bridgehead atoms. The first-order valence-electron chi connectivity index (χ1n) is 2.45. The number of hydrogen-bond donors (Lipinski definition) is 4. The van der Waals surface area contributed by atoms with Crippen molar-refractivity contribution in [3.63, 3.8) is 0 Å². The van der Waals surface area contributed by atoms with Crippen LogP contribution in [0.25, 0.3) is 0 Å². The van der Waals surface area contributed by atoms with Gasteiger partial charge in [0.1, 0.15) is 0 Å². The van der Waals surface area contributed by atoms with Gasteiger partial charge in [0.25, 0.3) is 0 Å². The van der Waals surface area contributed by atoms with Crippen LogP contribution in [-0.4, -0.2) is 21.0 Å². The van der Waals surface area contributed by atoms with Gasteiger partial charge in [0.2, 0.25) is 0 Å². The number of hydrogen-bond acceptors (Lipinski definition) is 4. The average molecular weight is 179 g/mol. The van der Waals surface area contributed by atoms with Crippen LogP contribution >= 0.6 is 12.4 Å². The minimum Gasteiger partial charge on any atom is -0.476 e. The largest absolute Gasteiger partial charge is 0.476 e. The molecule has 0 unspecified atom stereocenters. The van der Waals surface area contributed by atoms with Crippen LogP contribution in [0.2, 0.25) is 0 Å². The smallest absolute Gasteiger partial charge is 0.356 e. The molecule has 0 fully saturated rings. The molecule has 0 atom stereocenters. The molecule has 6 N–H and O–H groups in total. The number of H-pyrrole nitrogens is 1. The topological polar surface area (TPSA) is 118 Å². The molecule has 62 valence electrons. The minimum absolute atomic E-state index is 0. The van der Waals surface area contributed by atoms with Crippen molar-refractivity contribution in [2.75, 3.05) is 11.5 Å². The van der Waals surface area contributed by atoms with E-state index in [-0.39, 0.29) is 29.9 Å². The van der Waals surface area contributed by atoms with Crippen LogP contribution in [0.5, 0.6) is 0 Å². The molecule has 0 saturated carbocycles. The van der Waals surface area contributed by atoms with Gasteiger partial charge < -0.3 is 21.6 Å². The second-order valence-corrected chi connectivity index (χ2v) is 1.69. The highest BCUT2D eigenvalue weighted by molar-refractivity contribution is 5.91. The molecule has 1 rings (SSSR count). The third-order valence-electron chi connectivity index (χ3n) is 0.964. The van der Waals surface area contributed by atoms with Crippen LogP contribution in [0.3, 0.4) is 0 Å². The first-order chi connectivity index (χ1) is 4.61. The summed E-state index contributed by atoms with van der Waals surface area (Å²) in [6.45, 7) is 0. The highest BCUT2D eigenvalue weighted by Crippen LogP contribution is 2.07. The lowest BCUT2D eigenvalue weighted by molar-refractivity contribution is 0.0692. The average Bonchev–Trinajstić information content (AvgIpc) is 2.10. The van der Waals surface area contributed by atoms with E-state index in [4.69, 9.17) is 16.6 Å². The number of carbonyl (C=O) groups is 1. The van der Waals surface area contributed by atoms with E-state index in [1.807, 2.05) is 0 Å². The van der Waals surface area contributed by atoms with Crippen molar-refractivity contribution in [2.24, 2.45) is 0 Å². The summed E-state index contributed by atoms with van der Waals surface area (Å²) >= 11 is 0. The second kappa shape index (κ2) is 3.11. The summed E-state index contributed by atoms with van der Waals surface area (Å²) in [4.78, 5) is 16.0. The van der Waals surface area contributed by atoms with Gasteiger partial charge in [-0.25, -0.2) is 4.79 Å². The Kier molecular flexibility index (Phi) is 2.70. The number of halogens is 1. The quantitative estimate of drug-likeness (QED) is 0.471. The van der Waals surface area contributed by atoms with E-state index in [0.717, 1.165) is 0 Å². The number of nitrogens with one attached hydrogen (secondary N) is 1. The van der Waals surface area contributed by atoms with Gasteiger partial charge in [-0.15, -0.1) is 12.4 Å². The fourth-order valence-electron chi connectivity index (χ4n) is 0.569. The molecule has 0 radical (unpaired) electrons. The van der Waals surface area contributed by atoms with Crippen molar-refractivity contribution < 1.29 is 9.90 Å². The number of nitrogen functional groups attached to an aromatic ring is 2. The normalized spacial score (nSPS) is 8.73. The standard InChI is InChI=1S/C4H6N4O2.ClH/c5-2-1(3(9)10)7-4(6)8-2;/h5H2,(H,9,10)(H3,6,7,8);1H. The van der Waals surface area contributed by atoms with E-state index in [0.29, 0.717) is 0 Å². The number of aromatic amines is 1. The number of carboxylic acids is 1. The van der Waals surface area contributed by atoms with Crippen LogP contribution < -0.4 is 11.5 Å². The maximum absolute atomic E-state index is 10.2.